The lowest BCUT2D eigenvalue weighted by Crippen LogP contribution is -1.74. The first-order chi connectivity index (χ1) is 5.86. The molecule has 59 valence electrons. The van der Waals surface area contributed by atoms with Crippen LogP contribution in [0, 0.1) is 13.0 Å². The number of rotatable bonds is 1. The van der Waals surface area contributed by atoms with Gasteiger partial charge in [-0.05, 0) is 36.1 Å². The van der Waals surface area contributed by atoms with E-state index in [0.717, 1.165) is 0 Å². The molecule has 0 bridgehead atoms. The molecule has 0 unspecified atom stereocenters. The van der Waals surface area contributed by atoms with Gasteiger partial charge in [-0.2, -0.15) is 0 Å². The van der Waals surface area contributed by atoms with E-state index in [-0.39, 0.29) is 0 Å². The van der Waals surface area contributed by atoms with Crippen LogP contribution in [0.4, 0.5) is 0 Å². The van der Waals surface area contributed by atoms with Gasteiger partial charge in [-0.1, -0.05) is 23.8 Å². The van der Waals surface area contributed by atoms with Gasteiger partial charge in [0.25, 0.3) is 0 Å². The molecule has 2 aromatic rings. The third-order valence-electron chi connectivity index (χ3n) is 1.74. The van der Waals surface area contributed by atoms with Crippen molar-refractivity contribution in [3.8, 4) is 10.4 Å². The van der Waals surface area contributed by atoms with Crippen LogP contribution in [0.5, 0.6) is 0 Å². The molecule has 0 aliphatic carbocycles. The molecule has 2 rings (SSSR count). The minimum Gasteiger partial charge on any atom is -0.144 e. The second kappa shape index (κ2) is 3.11. The predicted molar refractivity (Wildman–Crippen MR) is 53.3 cm³/mol. The predicted octanol–water partition coefficient (Wildman–Crippen LogP) is 3.52. The maximum Gasteiger partial charge on any atom is 0.0349 e. The largest absolute Gasteiger partial charge is 0.144 e. The van der Waals surface area contributed by atoms with Gasteiger partial charge in [0.2, 0.25) is 0 Å². The van der Waals surface area contributed by atoms with Crippen molar-refractivity contribution < 1.29 is 0 Å². The van der Waals surface area contributed by atoms with E-state index in [9.17, 15) is 0 Å². The summed E-state index contributed by atoms with van der Waals surface area (Å²) < 4.78 is 0. The normalized spacial score (nSPS) is 10.1. The van der Waals surface area contributed by atoms with E-state index in [1.807, 2.05) is 6.07 Å². The van der Waals surface area contributed by atoms with Crippen LogP contribution in [0.1, 0.15) is 5.56 Å². The molecule has 0 atom stereocenters. The topological polar surface area (TPSA) is 0 Å². The van der Waals surface area contributed by atoms with Gasteiger partial charge in [-0.25, -0.2) is 0 Å². The van der Waals surface area contributed by atoms with E-state index < -0.39 is 0 Å². The van der Waals surface area contributed by atoms with Gasteiger partial charge in [0.15, 0.2) is 0 Å². The summed E-state index contributed by atoms with van der Waals surface area (Å²) in [6, 6.07) is 13.6. The molecule has 1 aromatic carbocycles. The van der Waals surface area contributed by atoms with E-state index in [1.165, 1.54) is 16.0 Å². The number of aryl methyl sites for hydroxylation is 1. The van der Waals surface area contributed by atoms with Gasteiger partial charge in [0.05, 0.1) is 0 Å². The van der Waals surface area contributed by atoms with Gasteiger partial charge in [0.1, 0.15) is 0 Å². The molecule has 0 N–H and O–H groups in total. The summed E-state index contributed by atoms with van der Waals surface area (Å²) in [6.07, 6.45) is 0. The minimum absolute atomic E-state index is 1.20. The zero-order valence-electron chi connectivity index (χ0n) is 6.87. The Hall–Kier alpha value is -1.08. The average molecular weight is 173 g/mol. The second-order valence-electron chi connectivity index (χ2n) is 2.76. The highest BCUT2D eigenvalue weighted by molar-refractivity contribution is 7.13. The van der Waals surface area contributed by atoms with E-state index in [1.54, 1.807) is 11.3 Å². The first-order valence-electron chi connectivity index (χ1n) is 3.88. The number of benzene rings is 1. The van der Waals surface area contributed by atoms with Gasteiger partial charge in [-0.15, -0.1) is 11.3 Å². The van der Waals surface area contributed by atoms with Gasteiger partial charge in [-0.3, -0.25) is 0 Å². The molecule has 1 heteroatoms. The Bertz CT molecular complexity index is 360. The van der Waals surface area contributed by atoms with Crippen LogP contribution in [-0.2, 0) is 0 Å². The lowest BCUT2D eigenvalue weighted by Gasteiger charge is -1.96. The Morgan fingerprint density at radius 3 is 2.92 bits per heavy atom. The van der Waals surface area contributed by atoms with Crippen LogP contribution in [0.2, 0.25) is 0 Å². The Morgan fingerprint density at radius 2 is 2.25 bits per heavy atom. The van der Waals surface area contributed by atoms with Crippen molar-refractivity contribution in [2.24, 2.45) is 0 Å². The minimum atomic E-state index is 1.20. The molecular weight excluding hydrogens is 164 g/mol. The summed E-state index contributed by atoms with van der Waals surface area (Å²) in [7, 11) is 0. The molecule has 0 fully saturated rings. The molecule has 12 heavy (non-hydrogen) atoms. The third kappa shape index (κ3) is 1.41. The maximum absolute atomic E-state index is 3.22. The lowest BCUT2D eigenvalue weighted by atomic mass is 10.1. The summed E-state index contributed by atoms with van der Waals surface area (Å²) in [4.78, 5) is 1.29. The van der Waals surface area contributed by atoms with Crippen molar-refractivity contribution in [3.05, 3.63) is 47.3 Å². The molecule has 0 aliphatic rings. The number of hydrogen-bond acceptors (Lipinski definition) is 1. The van der Waals surface area contributed by atoms with Crippen LogP contribution in [0.3, 0.4) is 0 Å². The summed E-state index contributed by atoms with van der Waals surface area (Å²) in [5.41, 5.74) is 2.49. The zero-order valence-corrected chi connectivity index (χ0v) is 7.69. The fourth-order valence-corrected chi connectivity index (χ4v) is 1.86. The monoisotopic (exact) mass is 173 g/mol. The molecule has 1 aromatic heterocycles. The van der Waals surface area contributed by atoms with Crippen LogP contribution < -0.4 is 0 Å². The van der Waals surface area contributed by atoms with Gasteiger partial charge >= 0.3 is 0 Å². The molecule has 0 saturated carbocycles. The molecule has 0 amide bonds. The summed E-state index contributed by atoms with van der Waals surface area (Å²) in [6.45, 7) is 2.10. The maximum atomic E-state index is 3.22. The first kappa shape index (κ1) is 7.56. The highest BCUT2D eigenvalue weighted by Gasteiger charge is 1.97. The smallest absolute Gasteiger partial charge is 0.0349 e. The molecule has 0 spiro atoms. The molecule has 0 saturated heterocycles. The van der Waals surface area contributed by atoms with Crippen molar-refractivity contribution in [1.82, 2.24) is 0 Å². The zero-order chi connectivity index (χ0) is 8.39. The molecule has 1 radical (unpaired) electrons. The van der Waals surface area contributed by atoms with Crippen molar-refractivity contribution in [2.45, 2.75) is 6.92 Å². The number of hydrogen-bond donors (Lipinski definition) is 0. The van der Waals surface area contributed by atoms with E-state index in [2.05, 4.69) is 42.6 Å². The molecule has 0 nitrogen and oxygen atoms in total. The third-order valence-corrected chi connectivity index (χ3v) is 2.65. The van der Waals surface area contributed by atoms with Crippen molar-refractivity contribution in [3.63, 3.8) is 0 Å². The molecular formula is C11H9S. The van der Waals surface area contributed by atoms with Crippen molar-refractivity contribution >= 4 is 11.3 Å². The van der Waals surface area contributed by atoms with Gasteiger partial charge in [0, 0.05) is 4.88 Å². The fraction of sp³-hybridized carbons (Fsp3) is 0.0909. The van der Waals surface area contributed by atoms with E-state index in [0.29, 0.717) is 0 Å². The molecule has 1 heterocycles. The van der Waals surface area contributed by atoms with E-state index in [4.69, 9.17) is 0 Å². The molecule has 0 aliphatic heterocycles. The lowest BCUT2D eigenvalue weighted by molar-refractivity contribution is 1.47. The van der Waals surface area contributed by atoms with Gasteiger partial charge < -0.3 is 0 Å². The Kier molecular flexibility index (Phi) is 1.96. The summed E-state index contributed by atoms with van der Waals surface area (Å²) in [5.74, 6) is 0. The van der Waals surface area contributed by atoms with Crippen LogP contribution >= 0.6 is 11.3 Å². The van der Waals surface area contributed by atoms with Crippen molar-refractivity contribution in [2.75, 3.05) is 0 Å². The Balaban J connectivity index is 2.48. The summed E-state index contributed by atoms with van der Waals surface area (Å²) in [5, 5.41) is 2.09. The average Bonchev–Trinajstić information content (AvgIpc) is 2.56. The summed E-state index contributed by atoms with van der Waals surface area (Å²) >= 11 is 1.75. The quantitative estimate of drug-likeness (QED) is 0.619. The van der Waals surface area contributed by atoms with Crippen LogP contribution in [0.25, 0.3) is 10.4 Å². The number of thiophene rings is 1. The fourth-order valence-electron chi connectivity index (χ4n) is 1.15. The van der Waals surface area contributed by atoms with Crippen molar-refractivity contribution in [1.29, 1.82) is 0 Å². The van der Waals surface area contributed by atoms with Crippen LogP contribution in [0.15, 0.2) is 35.7 Å². The Labute approximate surface area is 76.5 Å². The Morgan fingerprint density at radius 1 is 1.33 bits per heavy atom. The van der Waals surface area contributed by atoms with Crippen LogP contribution in [-0.4, -0.2) is 0 Å². The van der Waals surface area contributed by atoms with E-state index >= 15 is 0 Å². The highest BCUT2D eigenvalue weighted by Crippen LogP contribution is 2.24. The second-order valence-corrected chi connectivity index (χ2v) is 3.70. The SMILES string of the molecule is Cc1cc[c]c(-c2cccs2)c1. The standard InChI is InChI=1S/C11H9S/c1-9-4-2-5-10(8-9)11-6-3-7-12-11/h2-4,6-8H,1H3. The first-order valence-corrected chi connectivity index (χ1v) is 4.76. The highest BCUT2D eigenvalue weighted by atomic mass is 32.1.